The Morgan fingerprint density at radius 1 is 1.41 bits per heavy atom. The highest BCUT2D eigenvalue weighted by atomic mass is 32.1. The lowest BCUT2D eigenvalue weighted by Crippen LogP contribution is -2.40. The molecule has 0 unspecified atom stereocenters. The van der Waals surface area contributed by atoms with Gasteiger partial charge >= 0.3 is 0 Å². The molecule has 2 aromatic rings. The van der Waals surface area contributed by atoms with Crippen molar-refractivity contribution in [1.82, 2.24) is 15.2 Å². The monoisotopic (exact) mass is 249 g/mol. The minimum Gasteiger partial charge on any atom is -0.339 e. The maximum atomic E-state index is 5.88. The molecule has 3 heterocycles. The number of H-pyrrole nitrogens is 1. The molecule has 5 nitrogen and oxygen atoms in total. The number of hydrogen-bond acceptors (Lipinski definition) is 5. The number of aromatic nitrogens is 3. The fourth-order valence-corrected chi connectivity index (χ4v) is 2.68. The van der Waals surface area contributed by atoms with Crippen molar-refractivity contribution in [2.45, 2.75) is 18.9 Å². The number of anilines is 1. The first-order valence-electron chi connectivity index (χ1n) is 5.80. The lowest BCUT2D eigenvalue weighted by Gasteiger charge is -2.28. The summed E-state index contributed by atoms with van der Waals surface area (Å²) in [5, 5.41) is 9.31. The van der Waals surface area contributed by atoms with E-state index in [-0.39, 0.29) is 0 Å². The number of nitrogens with two attached hydrogens (primary N) is 1. The smallest absolute Gasteiger partial charge is 0.245 e. The molecule has 90 valence electrons. The molecule has 0 aromatic carbocycles. The number of piperidine rings is 1. The first-order valence-corrected chi connectivity index (χ1v) is 6.68. The van der Waals surface area contributed by atoms with Gasteiger partial charge in [-0.15, -0.1) is 16.4 Å². The zero-order valence-electron chi connectivity index (χ0n) is 9.47. The van der Waals surface area contributed by atoms with Crippen LogP contribution in [0, 0.1) is 0 Å². The fourth-order valence-electron chi connectivity index (χ4n) is 2.02. The number of rotatable bonds is 2. The maximum Gasteiger partial charge on any atom is 0.245 e. The number of aromatic amines is 1. The molecule has 2 aromatic heterocycles. The van der Waals surface area contributed by atoms with Crippen molar-refractivity contribution in [2.24, 2.45) is 5.73 Å². The Labute approximate surface area is 104 Å². The van der Waals surface area contributed by atoms with E-state index < -0.39 is 0 Å². The average molecular weight is 249 g/mol. The number of nitrogens with one attached hydrogen (secondary N) is 1. The Morgan fingerprint density at radius 2 is 2.24 bits per heavy atom. The van der Waals surface area contributed by atoms with E-state index in [0.717, 1.165) is 42.6 Å². The summed E-state index contributed by atoms with van der Waals surface area (Å²) in [5.41, 5.74) is 5.88. The third-order valence-electron chi connectivity index (χ3n) is 3.05. The van der Waals surface area contributed by atoms with Crippen LogP contribution in [-0.4, -0.2) is 34.3 Å². The van der Waals surface area contributed by atoms with Gasteiger partial charge in [-0.3, -0.25) is 5.10 Å². The lowest BCUT2D eigenvalue weighted by atomic mass is 10.1. The van der Waals surface area contributed by atoms with Crippen LogP contribution in [-0.2, 0) is 0 Å². The molecule has 3 rings (SSSR count). The Kier molecular flexibility index (Phi) is 2.82. The van der Waals surface area contributed by atoms with Crippen LogP contribution in [0.25, 0.3) is 10.7 Å². The highest BCUT2D eigenvalue weighted by Crippen LogP contribution is 2.23. The van der Waals surface area contributed by atoms with Gasteiger partial charge in [0.05, 0.1) is 4.88 Å². The summed E-state index contributed by atoms with van der Waals surface area (Å²) in [5.74, 6) is 1.64. The lowest BCUT2D eigenvalue weighted by molar-refractivity contribution is 0.496. The van der Waals surface area contributed by atoms with Crippen molar-refractivity contribution < 1.29 is 0 Å². The molecule has 17 heavy (non-hydrogen) atoms. The molecule has 0 bridgehead atoms. The number of thiophene rings is 1. The standard InChI is InChI=1S/C11H15N5S/c12-8-3-5-16(6-4-8)11-13-10(14-15-11)9-2-1-7-17-9/h1-2,7-8H,3-6,12H2,(H,13,14,15). The molecule has 1 aliphatic heterocycles. The third-order valence-corrected chi connectivity index (χ3v) is 3.93. The van der Waals surface area contributed by atoms with Gasteiger partial charge in [0.2, 0.25) is 5.95 Å². The van der Waals surface area contributed by atoms with Gasteiger partial charge in [-0.1, -0.05) is 6.07 Å². The summed E-state index contributed by atoms with van der Waals surface area (Å²) in [6, 6.07) is 4.39. The number of hydrogen-bond donors (Lipinski definition) is 2. The summed E-state index contributed by atoms with van der Waals surface area (Å²) in [6.07, 6.45) is 2.03. The van der Waals surface area contributed by atoms with E-state index in [2.05, 4.69) is 20.1 Å². The first-order chi connectivity index (χ1) is 8.33. The van der Waals surface area contributed by atoms with E-state index in [9.17, 15) is 0 Å². The van der Waals surface area contributed by atoms with Crippen molar-refractivity contribution in [2.75, 3.05) is 18.0 Å². The second kappa shape index (κ2) is 4.46. The van der Waals surface area contributed by atoms with E-state index in [1.807, 2.05) is 17.5 Å². The molecular formula is C11H15N5S. The molecule has 1 fully saturated rings. The summed E-state index contributed by atoms with van der Waals surface area (Å²) in [4.78, 5) is 7.84. The quantitative estimate of drug-likeness (QED) is 0.845. The predicted molar refractivity (Wildman–Crippen MR) is 69.1 cm³/mol. The zero-order chi connectivity index (χ0) is 11.7. The molecule has 0 amide bonds. The van der Waals surface area contributed by atoms with Gasteiger partial charge < -0.3 is 10.6 Å². The van der Waals surface area contributed by atoms with Gasteiger partial charge in [0, 0.05) is 19.1 Å². The molecule has 0 saturated carbocycles. The van der Waals surface area contributed by atoms with Gasteiger partial charge in [-0.25, -0.2) is 0 Å². The van der Waals surface area contributed by atoms with Crippen LogP contribution in [0.1, 0.15) is 12.8 Å². The Bertz CT molecular complexity index is 470. The Morgan fingerprint density at radius 3 is 2.94 bits per heavy atom. The van der Waals surface area contributed by atoms with Crippen LogP contribution >= 0.6 is 11.3 Å². The Balaban J connectivity index is 1.76. The van der Waals surface area contributed by atoms with Gasteiger partial charge in [0.25, 0.3) is 0 Å². The van der Waals surface area contributed by atoms with Crippen LogP contribution < -0.4 is 10.6 Å². The molecule has 0 aliphatic carbocycles. The predicted octanol–water partition coefficient (Wildman–Crippen LogP) is 1.46. The maximum absolute atomic E-state index is 5.88. The molecule has 0 radical (unpaired) electrons. The molecule has 1 saturated heterocycles. The van der Waals surface area contributed by atoms with Crippen molar-refractivity contribution in [3.05, 3.63) is 17.5 Å². The van der Waals surface area contributed by atoms with Crippen molar-refractivity contribution >= 4 is 17.3 Å². The van der Waals surface area contributed by atoms with Crippen molar-refractivity contribution in [3.63, 3.8) is 0 Å². The van der Waals surface area contributed by atoms with Crippen LogP contribution in [0.5, 0.6) is 0 Å². The van der Waals surface area contributed by atoms with E-state index >= 15 is 0 Å². The molecule has 1 aliphatic rings. The molecule has 6 heteroatoms. The minimum absolute atomic E-state index is 0.335. The molecule has 0 spiro atoms. The van der Waals surface area contributed by atoms with Crippen molar-refractivity contribution in [1.29, 1.82) is 0 Å². The van der Waals surface area contributed by atoms with Crippen LogP contribution in [0.4, 0.5) is 5.95 Å². The average Bonchev–Trinajstić information content (AvgIpc) is 3.00. The second-order valence-electron chi connectivity index (χ2n) is 4.29. The fraction of sp³-hybridized carbons (Fsp3) is 0.455. The van der Waals surface area contributed by atoms with Gasteiger partial charge in [0.1, 0.15) is 0 Å². The third kappa shape index (κ3) is 2.18. The van der Waals surface area contributed by atoms with Crippen molar-refractivity contribution in [3.8, 4) is 10.7 Å². The largest absolute Gasteiger partial charge is 0.339 e. The minimum atomic E-state index is 0.335. The SMILES string of the molecule is NC1CCN(c2n[nH]c(-c3cccs3)n2)CC1. The highest BCUT2D eigenvalue weighted by Gasteiger charge is 2.19. The second-order valence-corrected chi connectivity index (χ2v) is 5.23. The van der Waals surface area contributed by atoms with Crippen LogP contribution in [0.3, 0.4) is 0 Å². The molecule has 0 atom stereocenters. The van der Waals surface area contributed by atoms with E-state index in [4.69, 9.17) is 5.73 Å². The van der Waals surface area contributed by atoms with E-state index in [1.54, 1.807) is 11.3 Å². The molecular weight excluding hydrogens is 234 g/mol. The summed E-state index contributed by atoms with van der Waals surface area (Å²) >= 11 is 1.66. The van der Waals surface area contributed by atoms with Gasteiger partial charge in [0.15, 0.2) is 5.82 Å². The number of nitrogens with zero attached hydrogens (tertiary/aromatic N) is 3. The van der Waals surface area contributed by atoms with Gasteiger partial charge in [-0.2, -0.15) is 4.98 Å². The highest BCUT2D eigenvalue weighted by molar-refractivity contribution is 7.13. The van der Waals surface area contributed by atoms with Crippen LogP contribution in [0.15, 0.2) is 17.5 Å². The summed E-state index contributed by atoms with van der Waals surface area (Å²) in [6.45, 7) is 1.89. The van der Waals surface area contributed by atoms with Crippen LogP contribution in [0.2, 0.25) is 0 Å². The topological polar surface area (TPSA) is 70.8 Å². The normalized spacial score (nSPS) is 17.6. The summed E-state index contributed by atoms with van der Waals surface area (Å²) < 4.78 is 0. The first kappa shape index (κ1) is 10.7. The molecule has 3 N–H and O–H groups in total. The zero-order valence-corrected chi connectivity index (χ0v) is 10.3. The Hall–Kier alpha value is -1.40. The van der Waals surface area contributed by atoms with E-state index in [1.165, 1.54) is 0 Å². The van der Waals surface area contributed by atoms with Gasteiger partial charge in [-0.05, 0) is 24.3 Å². The van der Waals surface area contributed by atoms with E-state index in [0.29, 0.717) is 6.04 Å². The summed E-state index contributed by atoms with van der Waals surface area (Å²) in [7, 11) is 0.